The van der Waals surface area contributed by atoms with E-state index < -0.39 is 9.84 Å². The molecule has 3 heterocycles. The Morgan fingerprint density at radius 3 is 2.36 bits per heavy atom. The summed E-state index contributed by atoms with van der Waals surface area (Å²) in [7, 11) is -1.56. The van der Waals surface area contributed by atoms with Gasteiger partial charge < -0.3 is 9.64 Å². The van der Waals surface area contributed by atoms with Gasteiger partial charge in [0.2, 0.25) is 0 Å². The molecule has 0 spiro atoms. The fourth-order valence-corrected chi connectivity index (χ4v) is 7.60. The highest BCUT2D eigenvalue weighted by Gasteiger charge is 2.46. The van der Waals surface area contributed by atoms with Gasteiger partial charge in [-0.15, -0.1) is 0 Å². The maximum atomic E-state index is 14.2. The van der Waals surface area contributed by atoms with Gasteiger partial charge in [0.15, 0.2) is 9.84 Å². The van der Waals surface area contributed by atoms with Crippen molar-refractivity contribution < 1.29 is 17.9 Å². The Labute approximate surface area is 236 Å². The first-order valence-electron chi connectivity index (χ1n) is 12.9. The molecule has 0 saturated carbocycles. The van der Waals surface area contributed by atoms with E-state index in [-0.39, 0.29) is 29.5 Å². The number of carbonyl (C=O) groups excluding carboxylic acids is 1. The maximum Gasteiger partial charge on any atom is 0.273 e. The Morgan fingerprint density at radius 1 is 1.00 bits per heavy atom. The van der Waals surface area contributed by atoms with E-state index in [9.17, 15) is 13.2 Å². The summed E-state index contributed by atoms with van der Waals surface area (Å²) in [6.07, 6.45) is 1.14. The maximum absolute atomic E-state index is 14.2. The average molecular weight is 607 g/mol. The van der Waals surface area contributed by atoms with Gasteiger partial charge in [-0.05, 0) is 60.4 Å². The van der Waals surface area contributed by atoms with Crippen LogP contribution in [0, 0.1) is 0 Å². The number of aromatic nitrogens is 2. The van der Waals surface area contributed by atoms with Crippen LogP contribution in [-0.2, 0) is 16.3 Å². The zero-order valence-electron chi connectivity index (χ0n) is 21.5. The van der Waals surface area contributed by atoms with Crippen molar-refractivity contribution in [3.63, 3.8) is 0 Å². The van der Waals surface area contributed by atoms with Crippen molar-refractivity contribution in [2.45, 2.75) is 24.9 Å². The molecule has 0 N–H and O–H groups in total. The summed E-state index contributed by atoms with van der Waals surface area (Å²) in [5.41, 5.74) is 4.99. The van der Waals surface area contributed by atoms with Crippen molar-refractivity contribution in [2.24, 2.45) is 0 Å². The first kappa shape index (κ1) is 25.8. The van der Waals surface area contributed by atoms with Gasteiger partial charge in [-0.2, -0.15) is 5.10 Å². The molecule has 3 aromatic carbocycles. The first-order valence-corrected chi connectivity index (χ1v) is 15.5. The number of benzene rings is 3. The number of hydrogen-bond acceptors (Lipinski definition) is 5. The highest BCUT2D eigenvalue weighted by molar-refractivity contribution is 9.10. The van der Waals surface area contributed by atoms with E-state index in [4.69, 9.17) is 9.84 Å². The normalized spacial score (nSPS) is 19.8. The number of rotatable bonds is 7. The number of fused-ring (bicyclic) bond motifs is 1. The van der Waals surface area contributed by atoms with Gasteiger partial charge >= 0.3 is 0 Å². The van der Waals surface area contributed by atoms with Gasteiger partial charge in [-0.1, -0.05) is 58.4 Å². The van der Waals surface area contributed by atoms with Crippen molar-refractivity contribution >= 4 is 31.7 Å². The molecule has 200 valence electrons. The number of nitrogens with zero attached hydrogens (tertiary/aromatic N) is 3. The fraction of sp³-hybridized carbons (Fsp3) is 0.267. The third-order valence-electron chi connectivity index (χ3n) is 7.58. The standard InChI is InChI=1S/C30H28BrN3O4S/c1-38-25-13-9-21(10-14-25)27-26-28(22-7-11-23(31)12-8-22)33(17-15-20-5-3-2-4-6-20)30(35)29(26)34(32-27)24-16-18-39(36,37)19-24/h2-14,24,28H,15-19H2,1H3/t24-,28+/m0/s1. The second kappa shape index (κ2) is 10.3. The lowest BCUT2D eigenvalue weighted by molar-refractivity contribution is 0.0738. The zero-order valence-corrected chi connectivity index (χ0v) is 23.9. The number of ether oxygens (including phenoxy) is 1. The lowest BCUT2D eigenvalue weighted by Crippen LogP contribution is -2.32. The monoisotopic (exact) mass is 605 g/mol. The number of sulfone groups is 1. The van der Waals surface area contributed by atoms with E-state index in [1.54, 1.807) is 11.8 Å². The van der Waals surface area contributed by atoms with Crippen LogP contribution in [0.15, 0.2) is 83.3 Å². The predicted octanol–water partition coefficient (Wildman–Crippen LogP) is 5.47. The molecule has 0 unspecified atom stereocenters. The van der Waals surface area contributed by atoms with Crippen LogP contribution in [0.5, 0.6) is 5.75 Å². The third-order valence-corrected chi connectivity index (χ3v) is 9.86. The molecule has 4 aromatic rings. The third kappa shape index (κ3) is 4.89. The van der Waals surface area contributed by atoms with E-state index >= 15 is 0 Å². The van der Waals surface area contributed by atoms with Crippen LogP contribution in [0.2, 0.25) is 0 Å². The molecule has 1 saturated heterocycles. The van der Waals surface area contributed by atoms with Crippen molar-refractivity contribution in [1.29, 1.82) is 0 Å². The SMILES string of the molecule is COc1ccc(-c2nn([C@H]3CCS(=O)(=O)C3)c3c2[C@@H](c2ccc(Br)cc2)N(CCc2ccccc2)C3=O)cc1. The van der Waals surface area contributed by atoms with E-state index in [1.165, 1.54) is 0 Å². The van der Waals surface area contributed by atoms with Crippen LogP contribution in [-0.4, -0.2) is 54.2 Å². The fourth-order valence-electron chi connectivity index (χ4n) is 5.64. The minimum Gasteiger partial charge on any atom is -0.497 e. The van der Waals surface area contributed by atoms with Gasteiger partial charge in [-0.3, -0.25) is 9.48 Å². The second-order valence-electron chi connectivity index (χ2n) is 10.0. The molecule has 2 aliphatic heterocycles. The van der Waals surface area contributed by atoms with Crippen molar-refractivity contribution in [3.8, 4) is 17.0 Å². The molecule has 2 aliphatic rings. The molecular weight excluding hydrogens is 578 g/mol. The molecule has 6 rings (SSSR count). The number of hydrogen-bond donors (Lipinski definition) is 0. The minimum atomic E-state index is -3.18. The Morgan fingerprint density at radius 2 is 1.72 bits per heavy atom. The molecule has 1 fully saturated rings. The molecule has 2 atom stereocenters. The largest absolute Gasteiger partial charge is 0.497 e. The molecule has 0 aliphatic carbocycles. The second-order valence-corrected chi connectivity index (χ2v) is 13.2. The molecule has 39 heavy (non-hydrogen) atoms. The predicted molar refractivity (Wildman–Crippen MR) is 154 cm³/mol. The van der Waals surface area contributed by atoms with E-state index in [0.717, 1.165) is 32.5 Å². The molecule has 7 nitrogen and oxygen atoms in total. The molecule has 0 radical (unpaired) electrons. The Bertz CT molecular complexity index is 1620. The smallest absolute Gasteiger partial charge is 0.273 e. The lowest BCUT2D eigenvalue weighted by Gasteiger charge is -2.27. The Hall–Kier alpha value is -3.43. The van der Waals surface area contributed by atoms with Gasteiger partial charge in [0.1, 0.15) is 11.4 Å². The van der Waals surface area contributed by atoms with Gasteiger partial charge in [0.25, 0.3) is 5.91 Å². The molecule has 1 amide bonds. The molecule has 1 aromatic heterocycles. The van der Waals surface area contributed by atoms with Gasteiger partial charge in [0.05, 0.1) is 36.4 Å². The highest BCUT2D eigenvalue weighted by Crippen LogP contribution is 2.45. The minimum absolute atomic E-state index is 0.0105. The van der Waals surface area contributed by atoms with Crippen molar-refractivity contribution in [2.75, 3.05) is 25.2 Å². The number of amides is 1. The van der Waals surface area contributed by atoms with Crippen LogP contribution >= 0.6 is 15.9 Å². The Balaban J connectivity index is 1.51. The lowest BCUT2D eigenvalue weighted by atomic mass is 9.96. The summed E-state index contributed by atoms with van der Waals surface area (Å²) in [4.78, 5) is 16.2. The number of methoxy groups -OCH3 is 1. The van der Waals surface area contributed by atoms with Crippen LogP contribution in [0.3, 0.4) is 0 Å². The Kier molecular flexibility index (Phi) is 6.81. The highest BCUT2D eigenvalue weighted by atomic mass is 79.9. The topological polar surface area (TPSA) is 81.5 Å². The number of halogens is 1. The van der Waals surface area contributed by atoms with E-state index in [1.807, 2.05) is 71.6 Å². The average Bonchev–Trinajstić information content (AvgIpc) is 3.60. The molecular formula is C30H28BrN3O4S. The van der Waals surface area contributed by atoms with Crippen LogP contribution in [0.4, 0.5) is 0 Å². The van der Waals surface area contributed by atoms with Crippen LogP contribution < -0.4 is 4.74 Å². The number of carbonyl (C=O) groups is 1. The van der Waals surface area contributed by atoms with Crippen molar-refractivity contribution in [3.05, 3.63) is 106 Å². The van der Waals surface area contributed by atoms with E-state index in [0.29, 0.717) is 30.8 Å². The first-order chi connectivity index (χ1) is 18.8. The summed E-state index contributed by atoms with van der Waals surface area (Å²) in [5, 5.41) is 4.96. The van der Waals surface area contributed by atoms with E-state index in [2.05, 4.69) is 28.1 Å². The van der Waals surface area contributed by atoms with Crippen LogP contribution in [0.1, 0.15) is 45.7 Å². The quantitative estimate of drug-likeness (QED) is 0.279. The summed E-state index contributed by atoms with van der Waals surface area (Å²) in [6, 6.07) is 25.0. The summed E-state index contributed by atoms with van der Waals surface area (Å²) in [5.74, 6) is 0.697. The summed E-state index contributed by atoms with van der Waals surface area (Å²) in [6.45, 7) is 0.517. The zero-order chi connectivity index (χ0) is 27.1. The molecule has 0 bridgehead atoms. The molecule has 9 heteroatoms. The summed E-state index contributed by atoms with van der Waals surface area (Å²) < 4.78 is 32.9. The summed E-state index contributed by atoms with van der Waals surface area (Å²) >= 11 is 3.53. The van der Waals surface area contributed by atoms with Crippen LogP contribution in [0.25, 0.3) is 11.3 Å². The van der Waals surface area contributed by atoms with Crippen molar-refractivity contribution in [1.82, 2.24) is 14.7 Å². The van der Waals surface area contributed by atoms with Gasteiger partial charge in [-0.25, -0.2) is 8.42 Å². The van der Waals surface area contributed by atoms with Gasteiger partial charge in [0, 0.05) is 22.1 Å².